The van der Waals surface area contributed by atoms with Crippen LogP contribution in [0.3, 0.4) is 0 Å². The average molecular weight is 454 g/mol. The number of amides is 1. The number of fused-ring (bicyclic) bond motifs is 1. The van der Waals surface area contributed by atoms with E-state index in [-0.39, 0.29) is 22.3 Å². The second-order valence-electron chi connectivity index (χ2n) is 7.13. The molecule has 0 unspecified atom stereocenters. The van der Waals surface area contributed by atoms with Crippen LogP contribution in [0.5, 0.6) is 0 Å². The first kappa shape index (κ1) is 21.1. The van der Waals surface area contributed by atoms with Crippen molar-refractivity contribution < 1.29 is 9.72 Å². The van der Waals surface area contributed by atoms with E-state index in [1.807, 2.05) is 0 Å². The van der Waals surface area contributed by atoms with Gasteiger partial charge in [0.1, 0.15) is 5.52 Å². The normalized spacial score (nSPS) is 11.0. The Kier molecular flexibility index (Phi) is 5.15. The fourth-order valence-corrected chi connectivity index (χ4v) is 3.59. The molecule has 1 amide bonds. The van der Waals surface area contributed by atoms with E-state index >= 15 is 0 Å². The Morgan fingerprint density at radius 2 is 1.84 bits per heavy atom. The molecule has 2 heterocycles. The van der Waals surface area contributed by atoms with E-state index in [1.165, 1.54) is 29.0 Å². The van der Waals surface area contributed by atoms with E-state index in [2.05, 4.69) is 10.3 Å². The van der Waals surface area contributed by atoms with E-state index in [0.717, 1.165) is 4.57 Å². The number of H-pyrrole nitrogens is 1. The average Bonchev–Trinajstić information content (AvgIpc) is 3.07. The van der Waals surface area contributed by atoms with Gasteiger partial charge >= 0.3 is 5.69 Å². The van der Waals surface area contributed by atoms with Crippen LogP contribution < -0.4 is 16.6 Å². The lowest BCUT2D eigenvalue weighted by atomic mass is 10.1. The predicted octanol–water partition coefficient (Wildman–Crippen LogP) is 3.14. The molecule has 2 N–H and O–H groups in total. The first-order valence-electron chi connectivity index (χ1n) is 9.34. The molecule has 0 spiro atoms. The van der Waals surface area contributed by atoms with Crippen molar-refractivity contribution in [2.45, 2.75) is 6.92 Å². The summed E-state index contributed by atoms with van der Waals surface area (Å²) in [5, 5.41) is 14.0. The maximum atomic E-state index is 13.1. The zero-order valence-electron chi connectivity index (χ0n) is 16.9. The van der Waals surface area contributed by atoms with Crippen LogP contribution in [0.1, 0.15) is 15.9 Å². The number of anilines is 1. The van der Waals surface area contributed by atoms with Crippen LogP contribution in [0.4, 0.5) is 11.4 Å². The molecule has 0 saturated carbocycles. The van der Waals surface area contributed by atoms with Crippen molar-refractivity contribution in [3.63, 3.8) is 0 Å². The smallest absolute Gasteiger partial charge is 0.333 e. The number of nitro benzene ring substituents is 1. The molecule has 2 aromatic carbocycles. The molecule has 0 bridgehead atoms. The number of nitrogens with zero attached hydrogens (tertiary/aromatic N) is 3. The summed E-state index contributed by atoms with van der Waals surface area (Å²) in [6.45, 7) is 1.62. The summed E-state index contributed by atoms with van der Waals surface area (Å²) in [6, 6.07) is 10.2. The van der Waals surface area contributed by atoms with Crippen molar-refractivity contribution in [3.05, 3.63) is 95.8 Å². The maximum Gasteiger partial charge on any atom is 0.333 e. The molecule has 11 heteroatoms. The standard InChI is InChI=1S/C21H16ClN5O5/c1-11-9-14(27(31)32)7-8-16(11)23-19(28)15-10-25(2)18-17(15)24-21(30)26(20(18)29)13-5-3-12(22)4-6-13/h3-10H,1-2H3,(H,23,28)(H,24,30). The lowest BCUT2D eigenvalue weighted by molar-refractivity contribution is -0.384. The van der Waals surface area contributed by atoms with Crippen LogP contribution in [-0.2, 0) is 7.05 Å². The van der Waals surface area contributed by atoms with Crippen molar-refractivity contribution in [2.24, 2.45) is 7.05 Å². The van der Waals surface area contributed by atoms with Gasteiger partial charge in [0.25, 0.3) is 17.2 Å². The summed E-state index contributed by atoms with van der Waals surface area (Å²) >= 11 is 5.88. The molecule has 0 radical (unpaired) electrons. The largest absolute Gasteiger partial charge is 0.344 e. The molecule has 4 rings (SSSR count). The van der Waals surface area contributed by atoms with Gasteiger partial charge in [-0.05, 0) is 42.8 Å². The Morgan fingerprint density at radius 1 is 1.16 bits per heavy atom. The third-order valence-corrected chi connectivity index (χ3v) is 5.27. The molecule has 0 aliphatic heterocycles. The summed E-state index contributed by atoms with van der Waals surface area (Å²) in [5.41, 5.74) is 0.0816. The zero-order chi connectivity index (χ0) is 23.2. The number of carbonyl (C=O) groups excluding carboxylic acids is 1. The molecule has 2 aromatic heterocycles. The number of halogens is 1. The van der Waals surface area contributed by atoms with Gasteiger partial charge in [0.05, 0.1) is 21.7 Å². The van der Waals surface area contributed by atoms with Crippen molar-refractivity contribution >= 4 is 39.9 Å². The summed E-state index contributed by atoms with van der Waals surface area (Å²) < 4.78 is 2.42. The molecule has 0 aliphatic carbocycles. The number of aromatic nitrogens is 3. The van der Waals surface area contributed by atoms with Crippen molar-refractivity contribution in [1.29, 1.82) is 0 Å². The highest BCUT2D eigenvalue weighted by atomic mass is 35.5. The van der Waals surface area contributed by atoms with Gasteiger partial charge in [0.15, 0.2) is 0 Å². The fourth-order valence-electron chi connectivity index (χ4n) is 3.46. The summed E-state index contributed by atoms with van der Waals surface area (Å²) in [5.74, 6) is -0.577. The number of rotatable bonds is 4. The molecule has 162 valence electrons. The number of hydrogen-bond acceptors (Lipinski definition) is 5. The van der Waals surface area contributed by atoms with E-state index in [0.29, 0.717) is 22.0 Å². The third-order valence-electron chi connectivity index (χ3n) is 5.02. The van der Waals surface area contributed by atoms with E-state index in [9.17, 15) is 24.5 Å². The molecule has 32 heavy (non-hydrogen) atoms. The van der Waals surface area contributed by atoms with Crippen molar-refractivity contribution in [3.8, 4) is 5.69 Å². The molecule has 10 nitrogen and oxygen atoms in total. The summed E-state index contributed by atoms with van der Waals surface area (Å²) in [7, 11) is 1.59. The van der Waals surface area contributed by atoms with Gasteiger partial charge in [-0.1, -0.05) is 11.6 Å². The van der Waals surface area contributed by atoms with E-state index in [1.54, 1.807) is 38.2 Å². The van der Waals surface area contributed by atoms with E-state index < -0.39 is 22.1 Å². The Hall–Kier alpha value is -4.18. The monoisotopic (exact) mass is 453 g/mol. The highest BCUT2D eigenvalue weighted by Crippen LogP contribution is 2.23. The lowest BCUT2D eigenvalue weighted by Gasteiger charge is -2.08. The molecular formula is C21H16ClN5O5. The second-order valence-corrected chi connectivity index (χ2v) is 7.57. The van der Waals surface area contributed by atoms with Crippen LogP contribution in [0.2, 0.25) is 5.02 Å². The van der Waals surface area contributed by atoms with Crippen LogP contribution in [0.25, 0.3) is 16.7 Å². The van der Waals surface area contributed by atoms with Crippen molar-refractivity contribution in [1.82, 2.24) is 14.1 Å². The quantitative estimate of drug-likeness (QED) is 0.362. The fraction of sp³-hybridized carbons (Fsp3) is 0.0952. The Labute approximate surface area is 184 Å². The molecule has 0 aliphatic rings. The zero-order valence-corrected chi connectivity index (χ0v) is 17.6. The minimum atomic E-state index is -0.711. The van der Waals surface area contributed by atoms with Crippen LogP contribution >= 0.6 is 11.6 Å². The highest BCUT2D eigenvalue weighted by molar-refractivity contribution is 6.30. The van der Waals surface area contributed by atoms with Crippen LogP contribution in [0, 0.1) is 17.0 Å². The SMILES string of the molecule is Cc1cc([N+](=O)[O-])ccc1NC(=O)c1cn(C)c2c(=O)n(-c3ccc(Cl)cc3)c(=O)[nH]c12. The number of aryl methyl sites for hydroxylation is 2. The molecule has 0 fully saturated rings. The number of hydrogen-bond donors (Lipinski definition) is 2. The first-order valence-corrected chi connectivity index (χ1v) is 9.72. The van der Waals surface area contributed by atoms with Gasteiger partial charge in [0.2, 0.25) is 0 Å². The topological polar surface area (TPSA) is 132 Å². The number of aromatic amines is 1. The molecular weight excluding hydrogens is 438 g/mol. The molecule has 4 aromatic rings. The van der Waals surface area contributed by atoms with Gasteiger partial charge in [-0.2, -0.15) is 0 Å². The summed E-state index contributed by atoms with van der Waals surface area (Å²) in [4.78, 5) is 51.7. The number of nitro groups is 1. The Bertz CT molecular complexity index is 1510. The van der Waals surface area contributed by atoms with Gasteiger partial charge in [0, 0.05) is 36.1 Å². The van der Waals surface area contributed by atoms with Gasteiger partial charge < -0.3 is 14.9 Å². The number of benzene rings is 2. The predicted molar refractivity (Wildman–Crippen MR) is 120 cm³/mol. The van der Waals surface area contributed by atoms with Gasteiger partial charge in [-0.3, -0.25) is 19.7 Å². The minimum absolute atomic E-state index is 0.0812. The lowest BCUT2D eigenvalue weighted by Crippen LogP contribution is -2.34. The van der Waals surface area contributed by atoms with Crippen LogP contribution in [0.15, 0.2) is 58.3 Å². The second kappa shape index (κ2) is 7.82. The summed E-state index contributed by atoms with van der Waals surface area (Å²) in [6.07, 6.45) is 1.43. The number of carbonyl (C=O) groups is 1. The first-order chi connectivity index (χ1) is 15.2. The maximum absolute atomic E-state index is 13.1. The van der Waals surface area contributed by atoms with Gasteiger partial charge in [-0.15, -0.1) is 0 Å². The number of non-ortho nitro benzene ring substituents is 1. The molecule has 0 atom stereocenters. The minimum Gasteiger partial charge on any atom is -0.344 e. The van der Waals surface area contributed by atoms with Gasteiger partial charge in [-0.25, -0.2) is 9.36 Å². The number of nitrogens with one attached hydrogen (secondary N) is 2. The Morgan fingerprint density at radius 3 is 2.47 bits per heavy atom. The highest BCUT2D eigenvalue weighted by Gasteiger charge is 2.21. The van der Waals surface area contributed by atoms with Crippen LogP contribution in [-0.4, -0.2) is 24.9 Å². The van der Waals surface area contributed by atoms with E-state index in [4.69, 9.17) is 11.6 Å². The Balaban J connectivity index is 1.79. The molecule has 0 saturated heterocycles. The van der Waals surface area contributed by atoms with Crippen molar-refractivity contribution in [2.75, 3.05) is 5.32 Å². The third kappa shape index (κ3) is 3.56.